The fourth-order valence-corrected chi connectivity index (χ4v) is 2.73. The molecule has 0 saturated heterocycles. The molecule has 0 saturated carbocycles. The van der Waals surface area contributed by atoms with Crippen molar-refractivity contribution in [1.29, 1.82) is 0 Å². The summed E-state index contributed by atoms with van der Waals surface area (Å²) >= 11 is 1.29. The average molecular weight is 288 g/mol. The molecule has 1 N–H and O–H groups in total. The van der Waals surface area contributed by atoms with Gasteiger partial charge in [-0.25, -0.2) is 9.78 Å². The average Bonchev–Trinajstić information content (AvgIpc) is 3.10. The van der Waals surface area contributed by atoms with E-state index in [2.05, 4.69) is 19.6 Å². The number of hydrogen-bond acceptors (Lipinski definition) is 6. The third kappa shape index (κ3) is 1.96. The lowest BCUT2D eigenvalue weighted by Crippen LogP contribution is -2.01. The lowest BCUT2D eigenvalue weighted by atomic mass is 10.2. The number of benzene rings is 1. The predicted octanol–water partition coefficient (Wildman–Crippen LogP) is 2.43. The second kappa shape index (κ2) is 5.01. The van der Waals surface area contributed by atoms with Crippen molar-refractivity contribution in [2.45, 2.75) is 13.3 Å². The number of carbonyl (C=O) groups is 1. The minimum Gasteiger partial charge on any atom is -0.465 e. The van der Waals surface area contributed by atoms with E-state index in [0.29, 0.717) is 16.9 Å². The molecule has 102 valence electrons. The Hall–Kier alpha value is -2.28. The van der Waals surface area contributed by atoms with Crippen molar-refractivity contribution in [3.63, 3.8) is 0 Å². The third-order valence-corrected chi connectivity index (χ3v) is 3.80. The van der Waals surface area contributed by atoms with Crippen molar-refractivity contribution in [2.24, 2.45) is 0 Å². The lowest BCUT2D eigenvalue weighted by Gasteiger charge is -1.98. The third-order valence-electron chi connectivity index (χ3n) is 3.02. The van der Waals surface area contributed by atoms with E-state index >= 15 is 0 Å². The Bertz CT molecular complexity index is 778. The molecule has 3 rings (SSSR count). The van der Waals surface area contributed by atoms with Crippen molar-refractivity contribution in [1.82, 2.24) is 19.6 Å². The molecule has 0 amide bonds. The van der Waals surface area contributed by atoms with Crippen molar-refractivity contribution >= 4 is 28.5 Å². The maximum Gasteiger partial charge on any atom is 0.340 e. The van der Waals surface area contributed by atoms with Crippen LogP contribution >= 0.6 is 11.5 Å². The molecule has 0 atom stereocenters. The highest BCUT2D eigenvalue weighted by Crippen LogP contribution is 2.27. The molecule has 0 fully saturated rings. The highest BCUT2D eigenvalue weighted by Gasteiger charge is 2.17. The number of hydrogen-bond donors (Lipinski definition) is 1. The first-order valence-corrected chi connectivity index (χ1v) is 6.90. The van der Waals surface area contributed by atoms with Crippen LogP contribution in [0.15, 0.2) is 18.2 Å². The molecule has 2 aromatic heterocycles. The van der Waals surface area contributed by atoms with Crippen LogP contribution < -0.4 is 0 Å². The number of aryl methyl sites for hydroxylation is 1. The normalized spacial score (nSPS) is 10.9. The van der Waals surface area contributed by atoms with Crippen molar-refractivity contribution < 1.29 is 9.53 Å². The van der Waals surface area contributed by atoms with Crippen LogP contribution in [0.5, 0.6) is 0 Å². The number of esters is 1. The van der Waals surface area contributed by atoms with E-state index in [1.165, 1.54) is 18.6 Å². The van der Waals surface area contributed by atoms with Gasteiger partial charge in [0.2, 0.25) is 0 Å². The molecule has 20 heavy (non-hydrogen) atoms. The smallest absolute Gasteiger partial charge is 0.340 e. The summed E-state index contributed by atoms with van der Waals surface area (Å²) in [7, 11) is 1.36. The minimum absolute atomic E-state index is 0.396. The Morgan fingerprint density at radius 1 is 1.45 bits per heavy atom. The molecule has 0 unspecified atom stereocenters. The topological polar surface area (TPSA) is 80.8 Å². The number of aromatic amines is 1. The monoisotopic (exact) mass is 288 g/mol. The number of para-hydroxylation sites is 1. The van der Waals surface area contributed by atoms with E-state index in [4.69, 9.17) is 4.74 Å². The van der Waals surface area contributed by atoms with Gasteiger partial charge < -0.3 is 9.72 Å². The highest BCUT2D eigenvalue weighted by atomic mass is 32.1. The van der Waals surface area contributed by atoms with Gasteiger partial charge in [-0.05, 0) is 30.1 Å². The number of aromatic nitrogens is 4. The number of ether oxygens (including phenoxy) is 1. The van der Waals surface area contributed by atoms with E-state index < -0.39 is 5.97 Å². The SMILES string of the molecule is CCc1nnsc1-c1nc2c(C(=O)OC)cccc2[nH]1. The quantitative estimate of drug-likeness (QED) is 0.749. The zero-order valence-electron chi connectivity index (χ0n) is 11.0. The summed E-state index contributed by atoms with van der Waals surface area (Å²) in [6.45, 7) is 2.02. The maximum atomic E-state index is 11.7. The van der Waals surface area contributed by atoms with Gasteiger partial charge in [0.25, 0.3) is 0 Å². The highest BCUT2D eigenvalue weighted by molar-refractivity contribution is 7.09. The number of H-pyrrole nitrogens is 1. The molecule has 0 bridgehead atoms. The van der Waals surface area contributed by atoms with Crippen molar-refractivity contribution in [2.75, 3.05) is 7.11 Å². The zero-order valence-corrected chi connectivity index (χ0v) is 11.8. The van der Waals surface area contributed by atoms with Crippen LogP contribution in [-0.2, 0) is 11.2 Å². The van der Waals surface area contributed by atoms with Crippen LogP contribution in [0.2, 0.25) is 0 Å². The van der Waals surface area contributed by atoms with Gasteiger partial charge in [0, 0.05) is 0 Å². The Labute approximate surface area is 119 Å². The summed E-state index contributed by atoms with van der Waals surface area (Å²) in [5, 5.41) is 4.07. The summed E-state index contributed by atoms with van der Waals surface area (Å²) < 4.78 is 8.73. The van der Waals surface area contributed by atoms with Gasteiger partial charge in [-0.1, -0.05) is 17.5 Å². The lowest BCUT2D eigenvalue weighted by molar-refractivity contribution is 0.0603. The first-order chi connectivity index (χ1) is 9.74. The van der Waals surface area contributed by atoms with Gasteiger partial charge in [-0.15, -0.1) is 5.10 Å². The summed E-state index contributed by atoms with van der Waals surface area (Å²) in [5.74, 6) is 0.287. The molecule has 7 heteroatoms. The van der Waals surface area contributed by atoms with E-state index in [9.17, 15) is 4.79 Å². The van der Waals surface area contributed by atoms with Gasteiger partial charge in [-0.2, -0.15) is 0 Å². The number of nitrogens with zero attached hydrogens (tertiary/aromatic N) is 3. The standard InChI is InChI=1S/C13H12N4O2S/c1-3-8-11(20-17-16-8)12-14-9-6-4-5-7(10(9)15-12)13(18)19-2/h4-6H,3H2,1-2H3,(H,14,15). The second-order valence-corrected chi connectivity index (χ2v) is 4.94. The number of nitrogens with one attached hydrogen (secondary N) is 1. The Morgan fingerprint density at radius 2 is 2.30 bits per heavy atom. The van der Waals surface area contributed by atoms with E-state index in [1.807, 2.05) is 13.0 Å². The Balaban J connectivity index is 2.18. The summed E-state index contributed by atoms with van der Waals surface area (Å²) in [4.78, 5) is 20.4. The van der Waals surface area contributed by atoms with Gasteiger partial charge in [0.15, 0.2) is 5.82 Å². The number of fused-ring (bicyclic) bond motifs is 1. The number of imidazole rings is 1. The van der Waals surface area contributed by atoms with E-state index in [-0.39, 0.29) is 0 Å². The number of rotatable bonds is 3. The Kier molecular flexibility index (Phi) is 3.19. The first kappa shape index (κ1) is 12.7. The van der Waals surface area contributed by atoms with Gasteiger partial charge >= 0.3 is 5.97 Å². The summed E-state index contributed by atoms with van der Waals surface area (Å²) in [6, 6.07) is 5.37. The van der Waals surface area contributed by atoms with Gasteiger partial charge in [0.1, 0.15) is 10.4 Å². The molecular formula is C13H12N4O2S. The minimum atomic E-state index is -0.396. The molecule has 6 nitrogen and oxygen atoms in total. The molecule has 0 aliphatic rings. The van der Waals surface area contributed by atoms with Crippen LogP contribution in [-0.4, -0.2) is 32.6 Å². The maximum absolute atomic E-state index is 11.7. The molecule has 1 aromatic carbocycles. The number of carbonyl (C=O) groups excluding carboxylic acids is 1. The van der Waals surface area contributed by atoms with Crippen LogP contribution in [0.1, 0.15) is 23.0 Å². The molecular weight excluding hydrogens is 276 g/mol. The molecule has 0 radical (unpaired) electrons. The van der Waals surface area contributed by atoms with E-state index in [0.717, 1.165) is 22.5 Å². The fourth-order valence-electron chi connectivity index (χ4n) is 2.03. The van der Waals surface area contributed by atoms with Crippen LogP contribution in [0, 0.1) is 0 Å². The molecule has 0 aliphatic carbocycles. The van der Waals surface area contributed by atoms with Crippen LogP contribution in [0.3, 0.4) is 0 Å². The number of methoxy groups -OCH3 is 1. The molecule has 3 aromatic rings. The van der Waals surface area contributed by atoms with E-state index in [1.54, 1.807) is 12.1 Å². The zero-order chi connectivity index (χ0) is 14.1. The molecule has 0 aliphatic heterocycles. The Morgan fingerprint density at radius 3 is 3.05 bits per heavy atom. The molecule has 0 spiro atoms. The summed E-state index contributed by atoms with van der Waals surface area (Å²) in [6.07, 6.45) is 0.784. The van der Waals surface area contributed by atoms with Gasteiger partial charge in [0.05, 0.1) is 23.9 Å². The first-order valence-electron chi connectivity index (χ1n) is 6.13. The largest absolute Gasteiger partial charge is 0.465 e. The second-order valence-electron chi connectivity index (χ2n) is 4.18. The summed E-state index contributed by atoms with van der Waals surface area (Å²) in [5.41, 5.74) is 2.74. The van der Waals surface area contributed by atoms with Crippen molar-refractivity contribution in [3.05, 3.63) is 29.5 Å². The van der Waals surface area contributed by atoms with Crippen LogP contribution in [0.25, 0.3) is 21.7 Å². The van der Waals surface area contributed by atoms with Crippen LogP contribution in [0.4, 0.5) is 0 Å². The molecule has 2 heterocycles. The van der Waals surface area contributed by atoms with Gasteiger partial charge in [-0.3, -0.25) is 0 Å². The van der Waals surface area contributed by atoms with Crippen molar-refractivity contribution in [3.8, 4) is 10.7 Å². The predicted molar refractivity (Wildman–Crippen MR) is 75.7 cm³/mol. The fraction of sp³-hybridized carbons (Fsp3) is 0.231.